The normalized spacial score (nSPS) is 15.6. The average Bonchev–Trinajstić information content (AvgIpc) is 2.68. The number of nitrogens with zero attached hydrogens (tertiary/aromatic N) is 1. The van der Waals surface area contributed by atoms with E-state index in [0.717, 1.165) is 12.0 Å². The van der Waals surface area contributed by atoms with Crippen molar-refractivity contribution in [1.29, 1.82) is 0 Å². The van der Waals surface area contributed by atoms with E-state index < -0.39 is 11.8 Å². The summed E-state index contributed by atoms with van der Waals surface area (Å²) in [5.74, 6) is -0.895. The third-order valence-electron chi connectivity index (χ3n) is 4.38. The topological polar surface area (TPSA) is 78.9 Å². The zero-order valence-corrected chi connectivity index (χ0v) is 18.3. The molecule has 150 valence electrons. The number of aryl methyl sites for hydroxylation is 1. The predicted octanol–water partition coefficient (Wildman–Crippen LogP) is 3.95. The van der Waals surface area contributed by atoms with Crippen molar-refractivity contribution in [3.05, 3.63) is 57.6 Å². The molecular formula is C21H19BrN2O4S. The summed E-state index contributed by atoms with van der Waals surface area (Å²) in [6.45, 7) is 4.19. The second kappa shape index (κ2) is 8.75. The van der Waals surface area contributed by atoms with Crippen LogP contribution in [0, 0.1) is 0 Å². The van der Waals surface area contributed by atoms with E-state index in [1.807, 2.05) is 19.1 Å². The Morgan fingerprint density at radius 2 is 1.90 bits per heavy atom. The van der Waals surface area contributed by atoms with Crippen LogP contribution in [0.5, 0.6) is 11.5 Å². The molecule has 2 aromatic rings. The van der Waals surface area contributed by atoms with Crippen molar-refractivity contribution in [2.45, 2.75) is 20.3 Å². The van der Waals surface area contributed by atoms with Gasteiger partial charge in [0.15, 0.2) is 16.6 Å². The van der Waals surface area contributed by atoms with Crippen LogP contribution in [-0.4, -0.2) is 28.6 Å². The van der Waals surface area contributed by atoms with E-state index in [-0.39, 0.29) is 22.2 Å². The molecule has 0 saturated carbocycles. The molecule has 6 nitrogen and oxygen atoms in total. The molecule has 1 heterocycles. The minimum absolute atomic E-state index is 0.0289. The maximum atomic E-state index is 13.1. The van der Waals surface area contributed by atoms with Gasteiger partial charge in [0.05, 0.1) is 12.3 Å². The van der Waals surface area contributed by atoms with Crippen LogP contribution in [0.3, 0.4) is 0 Å². The molecule has 0 aliphatic carbocycles. The number of carbonyl (C=O) groups excluding carboxylic acids is 2. The molecule has 8 heteroatoms. The number of hydrogen-bond acceptors (Lipinski definition) is 5. The number of halogens is 1. The Balaban J connectivity index is 2.02. The van der Waals surface area contributed by atoms with E-state index in [0.29, 0.717) is 22.3 Å². The quantitative estimate of drug-likeness (QED) is 0.389. The van der Waals surface area contributed by atoms with Gasteiger partial charge in [0.2, 0.25) is 0 Å². The molecule has 0 unspecified atom stereocenters. The highest BCUT2D eigenvalue weighted by atomic mass is 79.9. The van der Waals surface area contributed by atoms with Crippen LogP contribution in [0.2, 0.25) is 0 Å². The fourth-order valence-corrected chi connectivity index (χ4v) is 3.60. The molecule has 0 spiro atoms. The molecule has 3 rings (SSSR count). The van der Waals surface area contributed by atoms with E-state index in [9.17, 15) is 14.7 Å². The van der Waals surface area contributed by atoms with Crippen LogP contribution < -0.4 is 15.0 Å². The molecule has 1 aliphatic heterocycles. The fraction of sp³-hybridized carbons (Fsp3) is 0.190. The molecule has 1 fully saturated rings. The molecule has 2 amide bonds. The zero-order valence-electron chi connectivity index (χ0n) is 15.9. The van der Waals surface area contributed by atoms with Crippen molar-refractivity contribution in [3.8, 4) is 11.5 Å². The van der Waals surface area contributed by atoms with Crippen molar-refractivity contribution < 1.29 is 19.4 Å². The zero-order chi connectivity index (χ0) is 21.1. The number of benzene rings is 2. The summed E-state index contributed by atoms with van der Waals surface area (Å²) >= 11 is 8.57. The van der Waals surface area contributed by atoms with E-state index >= 15 is 0 Å². The highest BCUT2D eigenvalue weighted by molar-refractivity contribution is 9.10. The molecule has 1 aliphatic rings. The highest BCUT2D eigenvalue weighted by Gasteiger charge is 2.34. The highest BCUT2D eigenvalue weighted by Crippen LogP contribution is 2.34. The summed E-state index contributed by atoms with van der Waals surface area (Å²) in [6.07, 6.45) is 2.32. The number of phenolic OH excluding ortho intramolecular Hbond substituents is 1. The molecular weight excluding hydrogens is 456 g/mol. The van der Waals surface area contributed by atoms with Crippen molar-refractivity contribution in [3.63, 3.8) is 0 Å². The lowest BCUT2D eigenvalue weighted by Gasteiger charge is -2.29. The van der Waals surface area contributed by atoms with Gasteiger partial charge in [-0.3, -0.25) is 19.8 Å². The van der Waals surface area contributed by atoms with E-state index in [1.165, 1.54) is 17.0 Å². The molecule has 2 N–H and O–H groups in total. The maximum Gasteiger partial charge on any atom is 0.270 e. The first-order valence-corrected chi connectivity index (χ1v) is 10.2. The number of carbonyl (C=O) groups is 2. The first-order chi connectivity index (χ1) is 13.8. The van der Waals surface area contributed by atoms with Crippen LogP contribution in [-0.2, 0) is 16.0 Å². The fourth-order valence-electron chi connectivity index (χ4n) is 2.87. The summed E-state index contributed by atoms with van der Waals surface area (Å²) < 4.78 is 5.90. The summed E-state index contributed by atoms with van der Waals surface area (Å²) in [5, 5.41) is 12.6. The summed E-state index contributed by atoms with van der Waals surface area (Å²) in [5.41, 5.74) is 2.13. The van der Waals surface area contributed by atoms with Gasteiger partial charge >= 0.3 is 0 Å². The Bertz CT molecular complexity index is 1020. The second-order valence-electron chi connectivity index (χ2n) is 6.25. The lowest BCUT2D eigenvalue weighted by atomic mass is 10.1. The Labute approximate surface area is 182 Å². The monoisotopic (exact) mass is 474 g/mol. The predicted molar refractivity (Wildman–Crippen MR) is 119 cm³/mol. The lowest BCUT2D eigenvalue weighted by Crippen LogP contribution is -2.54. The second-order valence-corrected chi connectivity index (χ2v) is 7.49. The molecule has 29 heavy (non-hydrogen) atoms. The third kappa shape index (κ3) is 4.33. The molecule has 1 saturated heterocycles. The van der Waals surface area contributed by atoms with Gasteiger partial charge in [0.25, 0.3) is 11.8 Å². The van der Waals surface area contributed by atoms with Gasteiger partial charge in [0.1, 0.15) is 5.57 Å². The number of rotatable bonds is 5. The van der Waals surface area contributed by atoms with Gasteiger partial charge in [-0.1, -0.05) is 35.0 Å². The number of aromatic hydroxyl groups is 1. The van der Waals surface area contributed by atoms with Crippen molar-refractivity contribution in [2.24, 2.45) is 0 Å². The lowest BCUT2D eigenvalue weighted by molar-refractivity contribution is -0.122. The summed E-state index contributed by atoms with van der Waals surface area (Å²) in [4.78, 5) is 26.9. The van der Waals surface area contributed by atoms with Crippen LogP contribution in [0.25, 0.3) is 6.08 Å². The average molecular weight is 475 g/mol. The van der Waals surface area contributed by atoms with Crippen LogP contribution >= 0.6 is 28.1 Å². The van der Waals surface area contributed by atoms with Crippen LogP contribution in [0.1, 0.15) is 25.0 Å². The summed E-state index contributed by atoms with van der Waals surface area (Å²) in [7, 11) is 0. The first kappa shape index (κ1) is 21.0. The van der Waals surface area contributed by atoms with Crippen molar-refractivity contribution >= 4 is 56.8 Å². The van der Waals surface area contributed by atoms with Gasteiger partial charge in [-0.05, 0) is 67.0 Å². The Kier molecular flexibility index (Phi) is 6.34. The number of amides is 2. The SMILES string of the molecule is CCOc1cc(/C=C2\C(=O)NC(=S)N(c3ccc(CC)cc3)C2=O)c(Br)cc1O. The first-order valence-electron chi connectivity index (χ1n) is 9.01. The number of nitrogens with one attached hydrogen (secondary N) is 1. The number of thiocarbonyl (C=S) groups is 1. The summed E-state index contributed by atoms with van der Waals surface area (Å²) in [6, 6.07) is 10.4. The Morgan fingerprint density at radius 1 is 1.21 bits per heavy atom. The minimum atomic E-state index is -0.584. The Morgan fingerprint density at radius 3 is 2.52 bits per heavy atom. The van der Waals surface area contributed by atoms with Crippen molar-refractivity contribution in [2.75, 3.05) is 11.5 Å². The largest absolute Gasteiger partial charge is 0.504 e. The minimum Gasteiger partial charge on any atom is -0.504 e. The number of phenols is 1. The molecule has 0 atom stereocenters. The van der Waals surface area contributed by atoms with Crippen molar-refractivity contribution in [1.82, 2.24) is 5.32 Å². The third-order valence-corrected chi connectivity index (χ3v) is 5.35. The van der Waals surface area contributed by atoms with E-state index in [2.05, 4.69) is 21.2 Å². The molecule has 0 aromatic heterocycles. The molecule has 2 aromatic carbocycles. The van der Waals surface area contributed by atoms with Crippen LogP contribution in [0.15, 0.2) is 46.4 Å². The van der Waals surface area contributed by atoms with Gasteiger partial charge in [-0.15, -0.1) is 0 Å². The molecule has 0 bridgehead atoms. The number of anilines is 1. The van der Waals surface area contributed by atoms with E-state index in [4.69, 9.17) is 17.0 Å². The van der Waals surface area contributed by atoms with Gasteiger partial charge in [0, 0.05) is 4.47 Å². The van der Waals surface area contributed by atoms with Gasteiger partial charge in [-0.25, -0.2) is 0 Å². The van der Waals surface area contributed by atoms with Gasteiger partial charge < -0.3 is 9.84 Å². The Hall–Kier alpha value is -2.71. The maximum absolute atomic E-state index is 13.1. The standard InChI is InChI=1S/C21H19BrN2O4S/c1-3-12-5-7-14(8-6-12)24-20(27)15(19(26)23-21(24)29)9-13-10-18(28-4-2)17(25)11-16(13)22/h5-11,25H,3-4H2,1-2H3,(H,23,26,29)/b15-9+. The smallest absolute Gasteiger partial charge is 0.270 e. The molecule has 0 radical (unpaired) electrons. The number of ether oxygens (including phenoxy) is 1. The van der Waals surface area contributed by atoms with Crippen LogP contribution in [0.4, 0.5) is 5.69 Å². The number of hydrogen-bond donors (Lipinski definition) is 2. The van der Waals surface area contributed by atoms with Gasteiger partial charge in [-0.2, -0.15) is 0 Å². The van der Waals surface area contributed by atoms with E-state index in [1.54, 1.807) is 25.1 Å².